The molecular formula is C20H15N3O4. The molecule has 4 rings (SSSR count). The number of aromatic nitrogens is 1. The molecule has 0 unspecified atom stereocenters. The minimum Gasteiger partial charge on any atom is -0.497 e. The molecule has 3 amide bonds. The number of nitrogens with zero attached hydrogens (tertiary/aromatic N) is 2. The Bertz CT molecular complexity index is 1060. The van der Waals surface area contributed by atoms with Gasteiger partial charge in [-0.05, 0) is 24.3 Å². The number of anilines is 1. The molecule has 1 aromatic heterocycles. The van der Waals surface area contributed by atoms with Gasteiger partial charge in [0.1, 0.15) is 12.3 Å². The third kappa shape index (κ3) is 2.89. The van der Waals surface area contributed by atoms with Crippen molar-refractivity contribution in [3.63, 3.8) is 0 Å². The third-order valence-corrected chi connectivity index (χ3v) is 4.37. The van der Waals surface area contributed by atoms with E-state index in [4.69, 9.17) is 4.74 Å². The van der Waals surface area contributed by atoms with Gasteiger partial charge in [-0.2, -0.15) is 0 Å². The molecule has 3 aromatic rings. The molecule has 1 aliphatic heterocycles. The number of imide groups is 1. The average Bonchev–Trinajstić information content (AvgIpc) is 2.93. The van der Waals surface area contributed by atoms with E-state index in [1.807, 2.05) is 12.1 Å². The molecule has 7 nitrogen and oxygen atoms in total. The normalized spacial score (nSPS) is 13.0. The molecule has 27 heavy (non-hydrogen) atoms. The summed E-state index contributed by atoms with van der Waals surface area (Å²) in [6.45, 7) is -0.377. The zero-order valence-electron chi connectivity index (χ0n) is 14.4. The van der Waals surface area contributed by atoms with Crippen molar-refractivity contribution in [1.29, 1.82) is 0 Å². The fourth-order valence-corrected chi connectivity index (χ4v) is 3.09. The lowest BCUT2D eigenvalue weighted by Crippen LogP contribution is -2.37. The van der Waals surface area contributed by atoms with Crippen LogP contribution in [0.1, 0.15) is 20.7 Å². The van der Waals surface area contributed by atoms with Gasteiger partial charge in [-0.25, -0.2) is 0 Å². The highest BCUT2D eigenvalue weighted by atomic mass is 16.5. The van der Waals surface area contributed by atoms with Crippen molar-refractivity contribution in [3.05, 3.63) is 65.9 Å². The Hall–Kier alpha value is -3.74. The number of nitrogens with one attached hydrogen (secondary N) is 1. The van der Waals surface area contributed by atoms with Gasteiger partial charge in [0, 0.05) is 17.6 Å². The second-order valence-electron chi connectivity index (χ2n) is 6.04. The summed E-state index contributed by atoms with van der Waals surface area (Å²) in [4.78, 5) is 42.6. The van der Waals surface area contributed by atoms with Crippen LogP contribution in [0.3, 0.4) is 0 Å². The van der Waals surface area contributed by atoms with Crippen LogP contribution in [0.5, 0.6) is 5.75 Å². The summed E-state index contributed by atoms with van der Waals surface area (Å²) in [5.41, 5.74) is 1.66. The Morgan fingerprint density at radius 2 is 1.78 bits per heavy atom. The maximum absolute atomic E-state index is 12.5. The summed E-state index contributed by atoms with van der Waals surface area (Å²) in [5.74, 6) is -0.880. The number of ether oxygens (including phenoxy) is 1. The summed E-state index contributed by atoms with van der Waals surface area (Å²) >= 11 is 0. The minimum absolute atomic E-state index is 0.309. The van der Waals surface area contributed by atoms with Crippen LogP contribution in [0.25, 0.3) is 10.9 Å². The highest BCUT2D eigenvalue weighted by Crippen LogP contribution is 2.28. The summed E-state index contributed by atoms with van der Waals surface area (Å²) in [5, 5.41) is 3.53. The summed E-state index contributed by atoms with van der Waals surface area (Å²) in [6.07, 6.45) is 1.62. The van der Waals surface area contributed by atoms with Crippen LogP contribution in [-0.2, 0) is 4.79 Å². The molecule has 134 valence electrons. The van der Waals surface area contributed by atoms with Crippen LogP contribution in [0.15, 0.2) is 54.7 Å². The van der Waals surface area contributed by atoms with Gasteiger partial charge in [0.05, 0.1) is 29.4 Å². The van der Waals surface area contributed by atoms with Crippen LogP contribution in [-0.4, -0.2) is 41.3 Å². The molecule has 1 aliphatic rings. The second kappa shape index (κ2) is 6.53. The Kier molecular flexibility index (Phi) is 4.04. The molecule has 2 aromatic carbocycles. The third-order valence-electron chi connectivity index (χ3n) is 4.37. The monoisotopic (exact) mass is 361 g/mol. The van der Waals surface area contributed by atoms with Crippen molar-refractivity contribution in [2.45, 2.75) is 0 Å². The van der Waals surface area contributed by atoms with Gasteiger partial charge in [-0.3, -0.25) is 24.3 Å². The largest absolute Gasteiger partial charge is 0.497 e. The predicted molar refractivity (Wildman–Crippen MR) is 98.7 cm³/mol. The Labute approximate surface area is 154 Å². The van der Waals surface area contributed by atoms with E-state index in [0.29, 0.717) is 28.1 Å². The Morgan fingerprint density at radius 3 is 2.44 bits per heavy atom. The van der Waals surface area contributed by atoms with Gasteiger partial charge in [-0.1, -0.05) is 18.2 Å². The summed E-state index contributed by atoms with van der Waals surface area (Å²) < 4.78 is 5.26. The van der Waals surface area contributed by atoms with Crippen molar-refractivity contribution < 1.29 is 19.1 Å². The van der Waals surface area contributed by atoms with Gasteiger partial charge in [0.15, 0.2) is 0 Å². The molecule has 0 aliphatic carbocycles. The number of amides is 3. The van der Waals surface area contributed by atoms with Crippen molar-refractivity contribution in [1.82, 2.24) is 9.88 Å². The first kappa shape index (κ1) is 16.7. The average molecular weight is 361 g/mol. The van der Waals surface area contributed by atoms with Gasteiger partial charge < -0.3 is 10.1 Å². The molecule has 0 bridgehead atoms. The van der Waals surface area contributed by atoms with Crippen LogP contribution in [0, 0.1) is 0 Å². The lowest BCUT2D eigenvalue weighted by Gasteiger charge is -2.15. The highest BCUT2D eigenvalue weighted by molar-refractivity contribution is 6.22. The number of pyridine rings is 1. The first-order valence-corrected chi connectivity index (χ1v) is 8.26. The minimum atomic E-state index is -0.496. The summed E-state index contributed by atoms with van der Waals surface area (Å²) in [6, 6.07) is 13.6. The molecule has 0 spiro atoms. The van der Waals surface area contributed by atoms with Crippen LogP contribution < -0.4 is 10.1 Å². The molecule has 0 saturated carbocycles. The second-order valence-corrected chi connectivity index (χ2v) is 6.04. The zero-order valence-corrected chi connectivity index (χ0v) is 14.4. The molecule has 1 N–H and O–H groups in total. The topological polar surface area (TPSA) is 88.6 Å². The van der Waals surface area contributed by atoms with E-state index in [1.54, 1.807) is 42.6 Å². The van der Waals surface area contributed by atoms with E-state index in [1.165, 1.54) is 7.11 Å². The number of methoxy groups -OCH3 is 1. The van der Waals surface area contributed by atoms with Gasteiger partial charge >= 0.3 is 0 Å². The van der Waals surface area contributed by atoms with Crippen molar-refractivity contribution in [3.8, 4) is 5.75 Å². The number of benzene rings is 2. The van der Waals surface area contributed by atoms with Gasteiger partial charge in [0.2, 0.25) is 5.91 Å². The zero-order chi connectivity index (χ0) is 19.0. The molecule has 0 saturated heterocycles. The molecule has 2 heterocycles. The van der Waals surface area contributed by atoms with E-state index >= 15 is 0 Å². The molecule has 0 radical (unpaired) electrons. The smallest absolute Gasteiger partial charge is 0.262 e. The van der Waals surface area contributed by atoms with Gasteiger partial charge in [-0.15, -0.1) is 0 Å². The number of fused-ring (bicyclic) bond motifs is 2. The first-order valence-electron chi connectivity index (χ1n) is 8.26. The van der Waals surface area contributed by atoms with E-state index in [0.717, 1.165) is 10.3 Å². The van der Waals surface area contributed by atoms with Crippen molar-refractivity contribution >= 4 is 34.3 Å². The standard InChI is InChI=1S/C20H15N3O4/c1-27-13-9-12-5-4-8-21-18(12)16(10-13)22-17(24)11-23-19(25)14-6-2-3-7-15(14)20(23)26/h2-10H,11H2,1H3,(H,22,24). The summed E-state index contributed by atoms with van der Waals surface area (Å²) in [7, 11) is 1.53. The van der Waals surface area contributed by atoms with Crippen LogP contribution >= 0.6 is 0 Å². The lowest BCUT2D eigenvalue weighted by atomic mass is 10.1. The molecule has 7 heteroatoms. The first-order chi connectivity index (χ1) is 13.1. The predicted octanol–water partition coefficient (Wildman–Crippen LogP) is 2.48. The quantitative estimate of drug-likeness (QED) is 0.721. The van der Waals surface area contributed by atoms with Crippen LogP contribution in [0.2, 0.25) is 0 Å². The number of rotatable bonds is 4. The Morgan fingerprint density at radius 1 is 1.07 bits per heavy atom. The van der Waals surface area contributed by atoms with Crippen molar-refractivity contribution in [2.24, 2.45) is 0 Å². The fraction of sp³-hybridized carbons (Fsp3) is 0.100. The van der Waals surface area contributed by atoms with E-state index < -0.39 is 17.7 Å². The van der Waals surface area contributed by atoms with Crippen LogP contribution in [0.4, 0.5) is 5.69 Å². The molecular weight excluding hydrogens is 346 g/mol. The number of hydrogen-bond acceptors (Lipinski definition) is 5. The fourth-order valence-electron chi connectivity index (χ4n) is 3.09. The highest BCUT2D eigenvalue weighted by Gasteiger charge is 2.36. The van der Waals surface area contributed by atoms with Gasteiger partial charge in [0.25, 0.3) is 11.8 Å². The maximum Gasteiger partial charge on any atom is 0.262 e. The SMILES string of the molecule is COc1cc(NC(=O)CN2C(=O)c3ccccc3C2=O)c2ncccc2c1. The van der Waals surface area contributed by atoms with Crippen molar-refractivity contribution in [2.75, 3.05) is 19.0 Å². The van der Waals surface area contributed by atoms with E-state index in [9.17, 15) is 14.4 Å². The number of carbonyl (C=O) groups excluding carboxylic acids is 3. The maximum atomic E-state index is 12.5. The van der Waals surface area contributed by atoms with E-state index in [2.05, 4.69) is 10.3 Å². The number of hydrogen-bond donors (Lipinski definition) is 1. The van der Waals surface area contributed by atoms with E-state index in [-0.39, 0.29) is 6.54 Å². The lowest BCUT2D eigenvalue weighted by molar-refractivity contribution is -0.116. The Balaban J connectivity index is 1.58. The number of carbonyl (C=O) groups is 3. The molecule has 0 atom stereocenters. The molecule has 0 fully saturated rings.